The summed E-state index contributed by atoms with van der Waals surface area (Å²) >= 11 is 1.34. The number of amides is 2. The Balaban J connectivity index is 1.63. The fourth-order valence-electron chi connectivity index (χ4n) is 4.99. The fraction of sp³-hybridized carbons (Fsp3) is 0.591. The average molecular weight is 450 g/mol. The van der Waals surface area contributed by atoms with Crippen LogP contribution in [0.5, 0.6) is 0 Å². The van der Waals surface area contributed by atoms with Crippen LogP contribution in [0.1, 0.15) is 69.2 Å². The molecule has 30 heavy (non-hydrogen) atoms. The number of thioether (sulfide) groups is 1. The van der Waals surface area contributed by atoms with E-state index in [0.29, 0.717) is 6.42 Å². The van der Waals surface area contributed by atoms with Gasteiger partial charge in [0.15, 0.2) is 0 Å². The lowest BCUT2D eigenvalue weighted by Crippen LogP contribution is -2.38. The average Bonchev–Trinajstić information content (AvgIpc) is 3.32. The van der Waals surface area contributed by atoms with E-state index in [4.69, 9.17) is 5.14 Å². The van der Waals surface area contributed by atoms with Crippen molar-refractivity contribution in [3.05, 3.63) is 38.8 Å². The first kappa shape index (κ1) is 21.9. The predicted molar refractivity (Wildman–Crippen MR) is 124 cm³/mol. The Morgan fingerprint density at radius 2 is 1.80 bits per heavy atom. The summed E-state index contributed by atoms with van der Waals surface area (Å²) in [5, 5.41) is 19.6. The third-order valence-electron chi connectivity index (χ3n) is 6.57. The maximum atomic E-state index is 13.4. The quantitative estimate of drug-likeness (QED) is 0.634. The molecule has 2 aliphatic carbocycles. The van der Waals surface area contributed by atoms with Crippen molar-refractivity contribution in [1.29, 1.82) is 0 Å². The van der Waals surface area contributed by atoms with Crippen LogP contribution in [0.15, 0.2) is 20.9 Å². The van der Waals surface area contributed by atoms with Gasteiger partial charge in [0.2, 0.25) is 0 Å². The van der Waals surface area contributed by atoms with E-state index in [9.17, 15) is 14.1 Å². The van der Waals surface area contributed by atoms with Crippen molar-refractivity contribution in [1.82, 2.24) is 0 Å². The van der Waals surface area contributed by atoms with Crippen molar-refractivity contribution >= 4 is 33.4 Å². The van der Waals surface area contributed by atoms with Gasteiger partial charge in [-0.25, -0.2) is 14.1 Å². The molecule has 0 spiro atoms. The summed E-state index contributed by atoms with van der Waals surface area (Å²) in [5.41, 5.74) is 5.66. The van der Waals surface area contributed by atoms with Crippen LogP contribution in [0.2, 0.25) is 0 Å². The van der Waals surface area contributed by atoms with E-state index in [-0.39, 0.29) is 0 Å². The molecule has 1 aromatic carbocycles. The number of allylic oxidation sites excluding steroid dienone is 1. The number of aliphatic hydroxyl groups is 1. The van der Waals surface area contributed by atoms with Crippen LogP contribution in [-0.2, 0) is 35.6 Å². The van der Waals surface area contributed by atoms with Gasteiger partial charge in [0.1, 0.15) is 14.0 Å². The van der Waals surface area contributed by atoms with Gasteiger partial charge >= 0.3 is 6.03 Å². The first-order chi connectivity index (χ1) is 13.9. The number of rotatable bonds is 3. The zero-order chi connectivity index (χ0) is 21.9. The number of nitrogens with two attached hydrogens (primary N) is 1. The number of fused-ring (bicyclic) bond motifs is 2. The van der Waals surface area contributed by atoms with Gasteiger partial charge in [-0.15, -0.1) is 16.1 Å². The second-order valence-electron chi connectivity index (χ2n) is 9.33. The first-order valence-corrected chi connectivity index (χ1v) is 12.9. The summed E-state index contributed by atoms with van der Waals surface area (Å²) in [6.07, 6.45) is 6.47. The molecular weight excluding hydrogens is 418 g/mol. The standard InChI is InChI=1S/C22H31N3O3S2/c1-13-18(21(2,3)27)12-22(4,29-13)30(23,28)25-20(26)24-19-16-9-5-7-14(16)11-15-8-6-10-17(15)19/h11,27H,5-10,12H2,1-4H3,(H3,23,24,25,26,28). The van der Waals surface area contributed by atoms with Crippen LogP contribution in [0, 0.1) is 0 Å². The molecule has 1 aliphatic heterocycles. The Morgan fingerprint density at radius 1 is 1.23 bits per heavy atom. The molecule has 3 aliphatic rings. The highest BCUT2D eigenvalue weighted by Crippen LogP contribution is 2.51. The summed E-state index contributed by atoms with van der Waals surface area (Å²) in [4.78, 5) is 13.8. The molecule has 2 atom stereocenters. The van der Waals surface area contributed by atoms with E-state index in [1.807, 2.05) is 6.92 Å². The number of carbonyl (C=O) groups is 1. The minimum absolute atomic E-state index is 0.329. The van der Waals surface area contributed by atoms with E-state index in [1.165, 1.54) is 34.0 Å². The van der Waals surface area contributed by atoms with Crippen LogP contribution < -0.4 is 10.5 Å². The van der Waals surface area contributed by atoms with Gasteiger partial charge in [-0.1, -0.05) is 6.07 Å². The highest BCUT2D eigenvalue weighted by atomic mass is 32.3. The second kappa shape index (κ2) is 7.36. The van der Waals surface area contributed by atoms with Crippen LogP contribution in [0.25, 0.3) is 0 Å². The molecule has 0 radical (unpaired) electrons. The first-order valence-electron chi connectivity index (χ1n) is 10.5. The highest BCUT2D eigenvalue weighted by Gasteiger charge is 2.45. The Hall–Kier alpha value is -1.35. The number of benzene rings is 1. The summed E-state index contributed by atoms with van der Waals surface area (Å²) < 4.78 is 16.4. The predicted octanol–water partition coefficient (Wildman–Crippen LogP) is 4.44. The van der Waals surface area contributed by atoms with Crippen LogP contribution >= 0.6 is 11.8 Å². The number of carbonyl (C=O) groups excluding carboxylic acids is 1. The molecule has 1 aromatic rings. The number of nitrogens with zero attached hydrogens (tertiary/aromatic N) is 1. The molecule has 0 fully saturated rings. The maximum absolute atomic E-state index is 13.4. The van der Waals surface area contributed by atoms with E-state index >= 15 is 0 Å². The Bertz CT molecular complexity index is 1050. The second-order valence-corrected chi connectivity index (χ2v) is 13.5. The van der Waals surface area contributed by atoms with Gasteiger partial charge in [0, 0.05) is 12.1 Å². The molecule has 0 saturated carbocycles. The summed E-state index contributed by atoms with van der Waals surface area (Å²) in [6, 6.07) is 1.65. The third-order valence-corrected chi connectivity index (χ3v) is 10.5. The highest BCUT2D eigenvalue weighted by molar-refractivity contribution is 8.17. The molecule has 0 saturated heterocycles. The summed E-state index contributed by atoms with van der Waals surface area (Å²) in [7, 11) is -3.36. The van der Waals surface area contributed by atoms with Gasteiger partial charge < -0.3 is 10.4 Å². The number of anilines is 1. The smallest absolute Gasteiger partial charge is 0.354 e. The molecule has 2 unspecified atom stereocenters. The van der Waals surface area contributed by atoms with Crippen molar-refractivity contribution in [2.75, 3.05) is 5.32 Å². The molecule has 6 nitrogen and oxygen atoms in total. The van der Waals surface area contributed by atoms with Gasteiger partial charge in [-0.05, 0) is 99.0 Å². The minimum atomic E-state index is -3.36. The number of aryl methyl sites for hydroxylation is 2. The Morgan fingerprint density at radius 3 is 2.30 bits per heavy atom. The minimum Gasteiger partial charge on any atom is -0.386 e. The van der Waals surface area contributed by atoms with Crippen molar-refractivity contribution in [2.45, 2.75) is 82.3 Å². The molecule has 2 amide bonds. The van der Waals surface area contributed by atoms with E-state index in [1.54, 1.807) is 20.8 Å². The van der Waals surface area contributed by atoms with E-state index < -0.39 is 25.6 Å². The lowest BCUT2D eigenvalue weighted by Gasteiger charge is -2.27. The monoisotopic (exact) mass is 449 g/mol. The Kier molecular flexibility index (Phi) is 5.37. The number of urea groups is 1. The van der Waals surface area contributed by atoms with E-state index in [2.05, 4.69) is 15.7 Å². The topological polar surface area (TPSA) is 105 Å². The van der Waals surface area contributed by atoms with Gasteiger partial charge in [-0.2, -0.15) is 0 Å². The number of nitrogens with one attached hydrogen (secondary N) is 1. The van der Waals surface area contributed by atoms with Crippen LogP contribution in [-0.4, -0.2) is 25.0 Å². The SMILES string of the molecule is CC1=C(C(C)(C)O)CC(C)(S(N)(=O)=NC(=O)Nc2c3c(cc4c2CCC4)CCC3)S1. The van der Waals surface area contributed by atoms with Crippen molar-refractivity contribution in [2.24, 2.45) is 9.50 Å². The van der Waals surface area contributed by atoms with Crippen molar-refractivity contribution in [3.63, 3.8) is 0 Å². The molecule has 4 N–H and O–H groups in total. The maximum Gasteiger partial charge on any atom is 0.354 e. The largest absolute Gasteiger partial charge is 0.386 e. The Labute approximate surface area is 183 Å². The summed E-state index contributed by atoms with van der Waals surface area (Å²) in [6.45, 7) is 7.06. The van der Waals surface area contributed by atoms with Gasteiger partial charge in [0.05, 0.1) is 5.60 Å². The van der Waals surface area contributed by atoms with Crippen molar-refractivity contribution in [3.8, 4) is 0 Å². The van der Waals surface area contributed by atoms with Gasteiger partial charge in [0.25, 0.3) is 0 Å². The molecular formula is C22H31N3O3S2. The molecule has 4 rings (SSSR count). The summed E-state index contributed by atoms with van der Waals surface area (Å²) in [5.74, 6) is 0. The molecule has 0 bridgehead atoms. The number of hydrogen-bond donors (Lipinski definition) is 3. The zero-order valence-electron chi connectivity index (χ0n) is 18.1. The van der Waals surface area contributed by atoms with Gasteiger partial charge in [-0.3, -0.25) is 0 Å². The molecule has 8 heteroatoms. The van der Waals surface area contributed by atoms with Crippen LogP contribution in [0.3, 0.4) is 0 Å². The van der Waals surface area contributed by atoms with Crippen molar-refractivity contribution < 1.29 is 14.1 Å². The molecule has 164 valence electrons. The molecule has 0 aromatic heterocycles. The fourth-order valence-corrected chi connectivity index (χ4v) is 8.10. The third kappa shape index (κ3) is 3.72. The zero-order valence-corrected chi connectivity index (χ0v) is 19.8. The normalized spacial score (nSPS) is 25.1. The van der Waals surface area contributed by atoms with E-state index in [0.717, 1.165) is 54.7 Å². The lowest BCUT2D eigenvalue weighted by atomic mass is 9.94. The lowest BCUT2D eigenvalue weighted by molar-refractivity contribution is 0.115. The van der Waals surface area contributed by atoms with Crippen LogP contribution in [0.4, 0.5) is 10.5 Å². The number of hydrogen-bond acceptors (Lipinski definition) is 4. The molecule has 1 heterocycles.